The van der Waals surface area contributed by atoms with Crippen LogP contribution < -0.4 is 4.74 Å². The lowest BCUT2D eigenvalue weighted by atomic mass is 10.3. The Morgan fingerprint density at radius 2 is 2.00 bits per heavy atom. The topological polar surface area (TPSA) is 9.23 Å². The molecule has 12 heavy (non-hydrogen) atoms. The fourth-order valence-electron chi connectivity index (χ4n) is 0.744. The van der Waals surface area contributed by atoms with Crippen molar-refractivity contribution in [3.05, 3.63) is 30.1 Å². The fourth-order valence-corrected chi connectivity index (χ4v) is 0.847. The zero-order valence-corrected chi connectivity index (χ0v) is 7.51. The van der Waals surface area contributed by atoms with Gasteiger partial charge >= 0.3 is 0 Å². The number of rotatable bonds is 3. The van der Waals surface area contributed by atoms with E-state index >= 15 is 0 Å². The highest BCUT2D eigenvalue weighted by Gasteiger charge is 2.01. The van der Waals surface area contributed by atoms with E-state index in [1.54, 1.807) is 12.1 Å². The quantitative estimate of drug-likeness (QED) is 0.662. The molecule has 66 valence electrons. The van der Waals surface area contributed by atoms with Gasteiger partial charge in [-0.1, -0.05) is 18.5 Å². The molecule has 3 heteroatoms. The largest absolute Gasteiger partial charge is 0.475 e. The Bertz CT molecular complexity index is 235. The molecule has 0 radical (unpaired) electrons. The highest BCUT2D eigenvalue weighted by Crippen LogP contribution is 2.15. The van der Waals surface area contributed by atoms with E-state index in [0.29, 0.717) is 5.75 Å². The van der Waals surface area contributed by atoms with Crippen molar-refractivity contribution < 1.29 is 9.13 Å². The van der Waals surface area contributed by atoms with E-state index in [0.717, 1.165) is 6.42 Å². The van der Waals surface area contributed by atoms with E-state index in [4.69, 9.17) is 16.3 Å². The number of ether oxygens (including phenoxy) is 1. The van der Waals surface area contributed by atoms with E-state index in [2.05, 4.69) is 0 Å². The third kappa shape index (κ3) is 2.70. The molecule has 0 aromatic heterocycles. The van der Waals surface area contributed by atoms with Gasteiger partial charge in [0, 0.05) is 0 Å². The minimum Gasteiger partial charge on any atom is -0.475 e. The number of hydrogen-bond donors (Lipinski definition) is 0. The number of benzene rings is 1. The Labute approximate surface area is 76.1 Å². The Morgan fingerprint density at radius 1 is 1.42 bits per heavy atom. The number of alkyl halides is 1. The first-order chi connectivity index (χ1) is 5.72. The van der Waals surface area contributed by atoms with Crippen molar-refractivity contribution in [2.75, 3.05) is 0 Å². The van der Waals surface area contributed by atoms with Gasteiger partial charge in [0.25, 0.3) is 0 Å². The highest BCUT2D eigenvalue weighted by molar-refractivity contribution is 6.19. The summed E-state index contributed by atoms with van der Waals surface area (Å²) in [6.07, 6.45) is 0.721. The molecule has 0 amide bonds. The maximum absolute atomic E-state index is 12.4. The summed E-state index contributed by atoms with van der Waals surface area (Å²) in [4.78, 5) is 0. The molecule has 0 saturated carbocycles. The SMILES string of the molecule is CCC(Cl)Oc1ccc(F)cc1. The first-order valence-electron chi connectivity index (χ1n) is 3.78. The zero-order chi connectivity index (χ0) is 8.97. The van der Waals surface area contributed by atoms with Crippen LogP contribution in [0.25, 0.3) is 0 Å². The molecule has 1 unspecified atom stereocenters. The van der Waals surface area contributed by atoms with Crippen molar-refractivity contribution in [1.82, 2.24) is 0 Å². The second-order valence-corrected chi connectivity index (χ2v) is 2.88. The van der Waals surface area contributed by atoms with Crippen LogP contribution in [-0.4, -0.2) is 5.56 Å². The van der Waals surface area contributed by atoms with Gasteiger partial charge < -0.3 is 4.74 Å². The average molecular weight is 189 g/mol. The van der Waals surface area contributed by atoms with Gasteiger partial charge in [0.1, 0.15) is 11.6 Å². The normalized spacial score (nSPS) is 12.6. The Balaban J connectivity index is 2.58. The van der Waals surface area contributed by atoms with Gasteiger partial charge in [0.2, 0.25) is 0 Å². The average Bonchev–Trinajstić information content (AvgIpc) is 2.09. The van der Waals surface area contributed by atoms with Crippen LogP contribution in [0.15, 0.2) is 24.3 Å². The van der Waals surface area contributed by atoms with Crippen LogP contribution in [0, 0.1) is 5.82 Å². The molecule has 0 N–H and O–H groups in total. The molecule has 1 nitrogen and oxygen atoms in total. The van der Waals surface area contributed by atoms with E-state index in [1.807, 2.05) is 6.92 Å². The predicted molar refractivity (Wildman–Crippen MR) is 47.0 cm³/mol. The summed E-state index contributed by atoms with van der Waals surface area (Å²) in [5.41, 5.74) is -0.338. The minimum atomic E-state index is -0.338. The second kappa shape index (κ2) is 4.31. The first kappa shape index (κ1) is 9.33. The fraction of sp³-hybridized carbons (Fsp3) is 0.333. The molecular formula is C9H10ClFO. The smallest absolute Gasteiger partial charge is 0.171 e. The number of halogens is 2. The van der Waals surface area contributed by atoms with Crippen LogP contribution in [-0.2, 0) is 0 Å². The van der Waals surface area contributed by atoms with Crippen LogP contribution in [0.5, 0.6) is 5.75 Å². The van der Waals surface area contributed by atoms with Crippen LogP contribution >= 0.6 is 11.6 Å². The molecule has 1 aromatic carbocycles. The van der Waals surface area contributed by atoms with Gasteiger partial charge in [0.15, 0.2) is 5.56 Å². The monoisotopic (exact) mass is 188 g/mol. The summed E-state index contributed by atoms with van der Waals surface area (Å²) in [6.45, 7) is 1.92. The van der Waals surface area contributed by atoms with Crippen molar-refractivity contribution in [1.29, 1.82) is 0 Å². The summed E-state index contributed by atoms with van der Waals surface area (Å²) in [7, 11) is 0. The highest BCUT2D eigenvalue weighted by atomic mass is 35.5. The lowest BCUT2D eigenvalue weighted by molar-refractivity contribution is 0.276. The van der Waals surface area contributed by atoms with Gasteiger partial charge in [-0.25, -0.2) is 4.39 Å². The van der Waals surface area contributed by atoms with Crippen molar-refractivity contribution in [3.63, 3.8) is 0 Å². The summed E-state index contributed by atoms with van der Waals surface area (Å²) in [6, 6.07) is 5.80. The molecule has 0 bridgehead atoms. The summed E-state index contributed by atoms with van der Waals surface area (Å²) in [5, 5.41) is 0. The lowest BCUT2D eigenvalue weighted by Gasteiger charge is -2.09. The van der Waals surface area contributed by atoms with Gasteiger partial charge in [-0.3, -0.25) is 0 Å². The van der Waals surface area contributed by atoms with Gasteiger partial charge in [-0.2, -0.15) is 0 Å². The molecule has 0 spiro atoms. The van der Waals surface area contributed by atoms with Crippen LogP contribution in [0.4, 0.5) is 4.39 Å². The van der Waals surface area contributed by atoms with E-state index in [1.165, 1.54) is 12.1 Å². The van der Waals surface area contributed by atoms with E-state index in [-0.39, 0.29) is 11.4 Å². The molecule has 1 aromatic rings. The summed E-state index contributed by atoms with van der Waals surface area (Å²) in [5.74, 6) is 0.322. The van der Waals surface area contributed by atoms with Crippen LogP contribution in [0.2, 0.25) is 0 Å². The number of hydrogen-bond acceptors (Lipinski definition) is 1. The van der Waals surface area contributed by atoms with Gasteiger partial charge in [0.05, 0.1) is 0 Å². The molecule has 0 fully saturated rings. The van der Waals surface area contributed by atoms with Crippen molar-refractivity contribution in [2.45, 2.75) is 18.9 Å². The van der Waals surface area contributed by atoms with E-state index in [9.17, 15) is 4.39 Å². The maximum atomic E-state index is 12.4. The standard InChI is InChI=1S/C9H10ClFO/c1-2-9(10)12-8-5-3-7(11)4-6-8/h3-6,9H,2H2,1H3. The van der Waals surface area contributed by atoms with E-state index < -0.39 is 0 Å². The Morgan fingerprint density at radius 3 is 2.50 bits per heavy atom. The Kier molecular flexibility index (Phi) is 3.35. The molecule has 0 aliphatic rings. The Hall–Kier alpha value is -0.760. The predicted octanol–water partition coefficient (Wildman–Crippen LogP) is 3.18. The van der Waals surface area contributed by atoms with Crippen LogP contribution in [0.1, 0.15) is 13.3 Å². The lowest BCUT2D eigenvalue weighted by Crippen LogP contribution is -2.06. The first-order valence-corrected chi connectivity index (χ1v) is 4.22. The van der Waals surface area contributed by atoms with Crippen molar-refractivity contribution in [3.8, 4) is 5.75 Å². The molecular weight excluding hydrogens is 179 g/mol. The maximum Gasteiger partial charge on any atom is 0.171 e. The molecule has 0 heterocycles. The molecule has 1 rings (SSSR count). The van der Waals surface area contributed by atoms with Crippen molar-refractivity contribution >= 4 is 11.6 Å². The van der Waals surface area contributed by atoms with Gasteiger partial charge in [-0.15, -0.1) is 0 Å². The van der Waals surface area contributed by atoms with Crippen LogP contribution in [0.3, 0.4) is 0 Å². The summed E-state index contributed by atoms with van der Waals surface area (Å²) >= 11 is 5.72. The zero-order valence-electron chi connectivity index (χ0n) is 6.76. The molecule has 0 saturated heterocycles. The molecule has 0 aliphatic heterocycles. The van der Waals surface area contributed by atoms with Crippen molar-refractivity contribution in [2.24, 2.45) is 0 Å². The van der Waals surface area contributed by atoms with Gasteiger partial charge in [-0.05, 0) is 30.7 Å². The second-order valence-electron chi connectivity index (χ2n) is 2.39. The molecule has 0 aliphatic carbocycles. The summed E-state index contributed by atoms with van der Waals surface area (Å²) < 4.78 is 17.6. The third-order valence-corrected chi connectivity index (χ3v) is 1.80. The minimum absolute atomic E-state index is 0.273. The third-order valence-electron chi connectivity index (χ3n) is 1.40. The molecule has 1 atom stereocenters.